The van der Waals surface area contributed by atoms with E-state index in [1.54, 1.807) is 0 Å². The summed E-state index contributed by atoms with van der Waals surface area (Å²) in [6, 6.07) is 0. The van der Waals surface area contributed by atoms with E-state index in [2.05, 4.69) is 13.8 Å². The number of phosphoric acid groups is 1. The highest BCUT2D eigenvalue weighted by Crippen LogP contribution is 2.38. The Morgan fingerprint density at radius 3 is 1.20 bits per heavy atom. The summed E-state index contributed by atoms with van der Waals surface area (Å²) in [5.41, 5.74) is 0. The molecule has 0 radical (unpaired) electrons. The fourth-order valence-corrected chi connectivity index (χ4v) is 7.69. The Morgan fingerprint density at radius 1 is 0.491 bits per heavy atom. The zero-order valence-electron chi connectivity index (χ0n) is 37.4. The predicted molar refractivity (Wildman–Crippen MR) is 231 cm³/mol. The molecule has 0 aliphatic heterocycles. The number of hydrogen-bond acceptors (Lipinski definition) is 7. The number of phosphoric ester groups is 1. The van der Waals surface area contributed by atoms with Crippen molar-refractivity contribution in [3.05, 3.63) is 0 Å². The number of unbranched alkanes of at least 4 members (excludes halogenated alkanes) is 31. The van der Waals surface area contributed by atoms with Crippen molar-refractivity contribution >= 4 is 13.8 Å². The Bertz CT molecular complexity index is 853. The molecule has 2 atom stereocenters. The minimum Gasteiger partial charge on any atom is -0.756 e. The first-order valence-corrected chi connectivity index (χ1v) is 25.2. The monoisotopic (exact) mass is 804 g/mol. The fraction of sp³-hybridized carbons (Fsp3) is 0.978. The van der Waals surface area contributed by atoms with Crippen LogP contribution in [0.2, 0.25) is 0 Å². The number of quaternary nitrogens is 1. The summed E-state index contributed by atoms with van der Waals surface area (Å²) in [4.78, 5) is 25.0. The van der Waals surface area contributed by atoms with Gasteiger partial charge in [-0.25, -0.2) is 0 Å². The van der Waals surface area contributed by atoms with Gasteiger partial charge in [0.15, 0.2) is 0 Å². The van der Waals surface area contributed by atoms with E-state index in [0.717, 1.165) is 32.1 Å². The summed E-state index contributed by atoms with van der Waals surface area (Å²) < 4.78 is 34.6. The molecule has 0 amide bonds. The van der Waals surface area contributed by atoms with E-state index in [1.165, 1.54) is 180 Å². The van der Waals surface area contributed by atoms with Crippen LogP contribution in [0.15, 0.2) is 0 Å². The number of carbonyl (C=O) groups is 1. The minimum absolute atomic E-state index is 0.0312. The van der Waals surface area contributed by atoms with E-state index >= 15 is 0 Å². The molecule has 0 saturated heterocycles. The number of nitrogens with zero attached hydrogens (tertiary/aromatic N) is 1. The van der Waals surface area contributed by atoms with Crippen molar-refractivity contribution in [2.45, 2.75) is 238 Å². The van der Waals surface area contributed by atoms with Crippen LogP contribution in [0.4, 0.5) is 0 Å². The van der Waals surface area contributed by atoms with Crippen LogP contribution in [0.1, 0.15) is 232 Å². The van der Waals surface area contributed by atoms with Crippen LogP contribution in [-0.4, -0.2) is 70.7 Å². The highest BCUT2D eigenvalue weighted by atomic mass is 31.2. The highest BCUT2D eigenvalue weighted by molar-refractivity contribution is 7.45. The van der Waals surface area contributed by atoms with Crippen molar-refractivity contribution in [3.63, 3.8) is 0 Å². The molecule has 55 heavy (non-hydrogen) atoms. The Labute approximate surface area is 342 Å². The van der Waals surface area contributed by atoms with E-state index < -0.39 is 13.9 Å². The molecule has 0 aliphatic rings. The molecule has 0 aromatic carbocycles. The third-order valence-electron chi connectivity index (χ3n) is 10.7. The maximum atomic E-state index is 12.6. The maximum Gasteiger partial charge on any atom is 0.306 e. The summed E-state index contributed by atoms with van der Waals surface area (Å²) in [6.45, 7) is 5.45. The number of esters is 1. The van der Waals surface area contributed by atoms with Gasteiger partial charge >= 0.3 is 5.97 Å². The summed E-state index contributed by atoms with van der Waals surface area (Å²) in [6.07, 6.45) is 42.8. The number of hydrogen-bond donors (Lipinski definition) is 0. The first kappa shape index (κ1) is 54.5. The molecular weight excluding hydrogens is 709 g/mol. The molecule has 0 aliphatic carbocycles. The Balaban J connectivity index is 3.96. The highest BCUT2D eigenvalue weighted by Gasteiger charge is 2.20. The van der Waals surface area contributed by atoms with Gasteiger partial charge in [0, 0.05) is 13.0 Å². The van der Waals surface area contributed by atoms with Gasteiger partial charge in [-0.15, -0.1) is 0 Å². The largest absolute Gasteiger partial charge is 0.756 e. The standard InChI is InChI=1S/C46H94NO7P/c1-6-8-10-12-14-16-17-18-19-20-21-22-23-24-25-26-27-28-29-30-32-34-36-38-41-51-43-45(44-53-55(49,50)52-42-40-47(3,4)5)54-46(48)39-37-35-33-31-15-13-11-9-7-2/h45H,6-44H2,1-5H3. The lowest BCUT2D eigenvalue weighted by molar-refractivity contribution is -0.870. The van der Waals surface area contributed by atoms with E-state index in [9.17, 15) is 14.3 Å². The second-order valence-electron chi connectivity index (χ2n) is 17.5. The molecule has 0 aromatic rings. The van der Waals surface area contributed by atoms with E-state index in [0.29, 0.717) is 24.1 Å². The lowest BCUT2D eigenvalue weighted by Gasteiger charge is -2.28. The second kappa shape index (κ2) is 40.3. The van der Waals surface area contributed by atoms with Crippen LogP contribution in [-0.2, 0) is 27.9 Å². The Morgan fingerprint density at radius 2 is 0.836 bits per heavy atom. The predicted octanol–water partition coefficient (Wildman–Crippen LogP) is 13.4. The molecule has 330 valence electrons. The van der Waals surface area contributed by atoms with E-state index in [-0.39, 0.29) is 25.8 Å². The molecule has 0 N–H and O–H groups in total. The number of likely N-dealkylation sites (N-methyl/N-ethyl adjacent to an activating group) is 1. The SMILES string of the molecule is CCCCCCCCCCCCCCCCCCCCCCCCCCOCC(COP(=O)([O-])OCC[N+](C)(C)C)OC(=O)CCCCCCCCCCC. The minimum atomic E-state index is -4.51. The molecule has 8 nitrogen and oxygen atoms in total. The van der Waals surface area contributed by atoms with Crippen molar-refractivity contribution in [1.29, 1.82) is 0 Å². The molecule has 0 spiro atoms. The van der Waals surface area contributed by atoms with Gasteiger partial charge in [-0.3, -0.25) is 9.36 Å². The average Bonchev–Trinajstić information content (AvgIpc) is 3.13. The van der Waals surface area contributed by atoms with Crippen LogP contribution in [0.5, 0.6) is 0 Å². The lowest BCUT2D eigenvalue weighted by Crippen LogP contribution is -2.37. The van der Waals surface area contributed by atoms with Gasteiger partial charge in [-0.05, 0) is 12.8 Å². The number of carbonyl (C=O) groups excluding carboxylic acids is 1. The van der Waals surface area contributed by atoms with Crippen molar-refractivity contribution in [3.8, 4) is 0 Å². The smallest absolute Gasteiger partial charge is 0.306 e. The summed E-state index contributed by atoms with van der Waals surface area (Å²) in [5, 5.41) is 0. The van der Waals surface area contributed by atoms with Gasteiger partial charge in [0.1, 0.15) is 19.3 Å². The molecular formula is C46H94NO7P. The quantitative estimate of drug-likeness (QED) is 0.0262. The third-order valence-corrected chi connectivity index (χ3v) is 11.6. The van der Waals surface area contributed by atoms with Crippen LogP contribution in [0, 0.1) is 0 Å². The molecule has 0 rings (SSSR count). The summed E-state index contributed by atoms with van der Waals surface area (Å²) >= 11 is 0. The molecule has 0 saturated carbocycles. The van der Waals surface area contributed by atoms with Crippen LogP contribution in [0.3, 0.4) is 0 Å². The Hall–Kier alpha value is -0.500. The second-order valence-corrected chi connectivity index (χ2v) is 18.9. The van der Waals surface area contributed by atoms with Crippen molar-refractivity contribution in [2.24, 2.45) is 0 Å². The van der Waals surface area contributed by atoms with Gasteiger partial charge in [-0.2, -0.15) is 0 Å². The van der Waals surface area contributed by atoms with Crippen molar-refractivity contribution in [2.75, 3.05) is 54.1 Å². The zero-order chi connectivity index (χ0) is 40.6. The van der Waals surface area contributed by atoms with Gasteiger partial charge < -0.3 is 27.9 Å². The maximum absolute atomic E-state index is 12.6. The van der Waals surface area contributed by atoms with Crippen LogP contribution < -0.4 is 4.89 Å². The molecule has 9 heteroatoms. The normalized spacial score (nSPS) is 13.6. The zero-order valence-corrected chi connectivity index (χ0v) is 38.3. The molecule has 0 bridgehead atoms. The van der Waals surface area contributed by atoms with Gasteiger partial charge in [0.25, 0.3) is 7.82 Å². The van der Waals surface area contributed by atoms with E-state index in [1.807, 2.05) is 21.1 Å². The van der Waals surface area contributed by atoms with Crippen molar-refractivity contribution in [1.82, 2.24) is 0 Å². The summed E-state index contributed by atoms with van der Waals surface area (Å²) in [7, 11) is 1.37. The lowest BCUT2D eigenvalue weighted by atomic mass is 10.0. The topological polar surface area (TPSA) is 94.1 Å². The fourth-order valence-electron chi connectivity index (χ4n) is 6.96. The molecule has 2 unspecified atom stereocenters. The van der Waals surface area contributed by atoms with Gasteiger partial charge in [0.05, 0.1) is 34.4 Å². The first-order chi connectivity index (χ1) is 26.6. The van der Waals surface area contributed by atoms with Gasteiger partial charge in [0.2, 0.25) is 0 Å². The van der Waals surface area contributed by atoms with Crippen LogP contribution in [0.25, 0.3) is 0 Å². The third kappa shape index (κ3) is 44.4. The first-order valence-electron chi connectivity index (χ1n) is 23.8. The average molecular weight is 804 g/mol. The summed E-state index contributed by atoms with van der Waals surface area (Å²) in [5.74, 6) is -0.332. The van der Waals surface area contributed by atoms with Crippen LogP contribution >= 0.6 is 7.82 Å². The number of ether oxygens (including phenoxy) is 2. The Kier molecular flexibility index (Phi) is 39.9. The molecule has 0 aromatic heterocycles. The number of rotatable bonds is 45. The molecule has 0 heterocycles. The van der Waals surface area contributed by atoms with Gasteiger partial charge in [-0.1, -0.05) is 213 Å². The van der Waals surface area contributed by atoms with E-state index in [4.69, 9.17) is 18.5 Å². The molecule has 0 fully saturated rings. The van der Waals surface area contributed by atoms with Crippen molar-refractivity contribution < 1.29 is 37.3 Å².